The molecule has 0 saturated heterocycles. The fourth-order valence-electron chi connectivity index (χ4n) is 5.82. The Morgan fingerprint density at radius 1 is 0.702 bits per heavy atom. The van der Waals surface area contributed by atoms with Crippen molar-refractivity contribution < 1.29 is 19.1 Å². The van der Waals surface area contributed by atoms with Gasteiger partial charge in [-0.3, -0.25) is 0 Å². The molecule has 2 unspecified atom stereocenters. The SMILES string of the molecule is CCCCC(CC)COC(=O)c1cc2csc(-c3ccc(-c4scc5cc(C(=O)OCC(CC)CCCC)sc45)c4nsnc34)c2s1. The highest BCUT2D eigenvalue weighted by molar-refractivity contribution is 7.27. The molecule has 0 spiro atoms. The minimum Gasteiger partial charge on any atom is -0.461 e. The number of fused-ring (bicyclic) bond motifs is 3. The summed E-state index contributed by atoms with van der Waals surface area (Å²) in [5.74, 6) is 0.338. The van der Waals surface area contributed by atoms with Gasteiger partial charge in [-0.2, -0.15) is 8.75 Å². The predicted octanol–water partition coefficient (Wildman–Crippen LogP) is 12.3. The number of unbranched alkanes of at least 4 members (excludes halogenated alkanes) is 2. The van der Waals surface area contributed by atoms with E-state index in [1.807, 2.05) is 12.1 Å². The molecule has 2 atom stereocenters. The molecule has 0 radical (unpaired) electrons. The maximum Gasteiger partial charge on any atom is 0.348 e. The molecule has 6 rings (SSSR count). The first kappa shape index (κ1) is 34.2. The molecule has 11 heteroatoms. The monoisotopic (exact) mass is 724 g/mol. The molecule has 0 aliphatic heterocycles. The highest BCUT2D eigenvalue weighted by Gasteiger charge is 2.23. The smallest absolute Gasteiger partial charge is 0.348 e. The van der Waals surface area contributed by atoms with E-state index in [9.17, 15) is 9.59 Å². The lowest BCUT2D eigenvalue weighted by molar-refractivity contribution is 0.0425. The number of aromatic nitrogens is 2. The second kappa shape index (κ2) is 15.7. The quantitative estimate of drug-likeness (QED) is 0.0925. The summed E-state index contributed by atoms with van der Waals surface area (Å²) in [5.41, 5.74) is 3.74. The van der Waals surface area contributed by atoms with Gasteiger partial charge < -0.3 is 9.47 Å². The van der Waals surface area contributed by atoms with Crippen LogP contribution >= 0.6 is 57.1 Å². The van der Waals surface area contributed by atoms with Crippen molar-refractivity contribution in [1.82, 2.24) is 8.75 Å². The van der Waals surface area contributed by atoms with Crippen LogP contribution in [0.15, 0.2) is 35.0 Å². The van der Waals surface area contributed by atoms with Crippen LogP contribution in [0.5, 0.6) is 0 Å². The molecule has 5 heterocycles. The fraction of sp³-hybridized carbons (Fsp3) is 0.444. The van der Waals surface area contributed by atoms with Gasteiger partial charge in [0, 0.05) is 32.7 Å². The Labute approximate surface area is 296 Å². The number of benzene rings is 1. The molecule has 0 aliphatic carbocycles. The van der Waals surface area contributed by atoms with Crippen molar-refractivity contribution in [2.24, 2.45) is 11.8 Å². The number of ether oxygens (including phenoxy) is 2. The first-order valence-corrected chi connectivity index (χ1v) is 20.7. The molecule has 0 aliphatic rings. The van der Waals surface area contributed by atoms with Crippen LogP contribution in [0, 0.1) is 11.8 Å². The van der Waals surface area contributed by atoms with E-state index in [2.05, 4.69) is 50.6 Å². The van der Waals surface area contributed by atoms with Crippen LogP contribution in [-0.2, 0) is 9.47 Å². The predicted molar refractivity (Wildman–Crippen MR) is 202 cm³/mol. The Kier molecular flexibility index (Phi) is 11.4. The van der Waals surface area contributed by atoms with E-state index in [0.717, 1.165) is 103 Å². The van der Waals surface area contributed by atoms with Gasteiger partial charge in [-0.05, 0) is 36.8 Å². The van der Waals surface area contributed by atoms with Crippen LogP contribution in [0.25, 0.3) is 52.1 Å². The average Bonchev–Trinajstić information content (AvgIpc) is 3.91. The van der Waals surface area contributed by atoms with Crippen molar-refractivity contribution in [3.63, 3.8) is 0 Å². The zero-order valence-electron chi connectivity index (χ0n) is 27.3. The van der Waals surface area contributed by atoms with Gasteiger partial charge in [0.15, 0.2) is 0 Å². The van der Waals surface area contributed by atoms with Gasteiger partial charge in [0.1, 0.15) is 20.8 Å². The highest BCUT2D eigenvalue weighted by Crippen LogP contribution is 2.47. The van der Waals surface area contributed by atoms with Gasteiger partial charge in [-0.1, -0.05) is 78.4 Å². The van der Waals surface area contributed by atoms with Gasteiger partial charge in [0.2, 0.25) is 0 Å². The second-order valence-corrected chi connectivity index (χ2v) is 16.5. The van der Waals surface area contributed by atoms with Gasteiger partial charge in [0.25, 0.3) is 0 Å². The molecular formula is C36H40N2O4S5. The molecular weight excluding hydrogens is 685 g/mol. The summed E-state index contributed by atoms with van der Waals surface area (Å²) >= 11 is 7.52. The third-order valence-corrected chi connectivity index (χ3v) is 14.0. The maximum atomic E-state index is 13.0. The normalized spacial score (nSPS) is 13.1. The van der Waals surface area contributed by atoms with Crippen LogP contribution in [0.4, 0.5) is 0 Å². The fourth-order valence-corrected chi connectivity index (χ4v) is 11.0. The van der Waals surface area contributed by atoms with E-state index in [1.54, 1.807) is 22.7 Å². The van der Waals surface area contributed by atoms with E-state index in [-0.39, 0.29) is 11.9 Å². The molecule has 0 amide bonds. The first-order valence-electron chi connectivity index (χ1n) is 16.6. The van der Waals surface area contributed by atoms with Gasteiger partial charge in [-0.15, -0.1) is 45.3 Å². The van der Waals surface area contributed by atoms with Crippen molar-refractivity contribution in [2.75, 3.05) is 13.2 Å². The molecule has 47 heavy (non-hydrogen) atoms. The third kappa shape index (κ3) is 7.34. The molecule has 0 fully saturated rings. The highest BCUT2D eigenvalue weighted by atomic mass is 32.1. The van der Waals surface area contributed by atoms with Gasteiger partial charge >= 0.3 is 11.9 Å². The molecule has 6 nitrogen and oxygen atoms in total. The van der Waals surface area contributed by atoms with Gasteiger partial charge in [0.05, 0.1) is 44.1 Å². The number of nitrogens with zero attached hydrogens (tertiary/aromatic N) is 2. The molecule has 0 saturated carbocycles. The summed E-state index contributed by atoms with van der Waals surface area (Å²) < 4.78 is 23.2. The van der Waals surface area contributed by atoms with E-state index in [4.69, 9.17) is 18.2 Å². The number of carbonyl (C=O) groups is 2. The molecule has 248 valence electrons. The summed E-state index contributed by atoms with van der Waals surface area (Å²) in [5, 5.41) is 6.31. The van der Waals surface area contributed by atoms with Crippen LogP contribution in [-0.4, -0.2) is 33.9 Å². The molecule has 1 aromatic carbocycles. The van der Waals surface area contributed by atoms with E-state index in [0.29, 0.717) is 34.8 Å². The zero-order valence-corrected chi connectivity index (χ0v) is 31.3. The number of carbonyl (C=O) groups excluding carboxylic acids is 2. The van der Waals surface area contributed by atoms with E-state index in [1.165, 1.54) is 34.4 Å². The third-order valence-electron chi connectivity index (χ3n) is 8.84. The van der Waals surface area contributed by atoms with Crippen molar-refractivity contribution in [3.8, 4) is 20.9 Å². The minimum absolute atomic E-state index is 0.240. The number of hydrogen-bond donors (Lipinski definition) is 0. The molecule has 6 aromatic rings. The number of esters is 2. The topological polar surface area (TPSA) is 78.4 Å². The Morgan fingerprint density at radius 2 is 1.15 bits per heavy atom. The zero-order chi connectivity index (χ0) is 32.9. The lowest BCUT2D eigenvalue weighted by Crippen LogP contribution is -2.13. The van der Waals surface area contributed by atoms with Crippen LogP contribution in [0.2, 0.25) is 0 Å². The maximum absolute atomic E-state index is 13.0. The lowest BCUT2D eigenvalue weighted by Gasteiger charge is -2.14. The number of rotatable bonds is 16. The number of thiophene rings is 4. The summed E-state index contributed by atoms with van der Waals surface area (Å²) in [4.78, 5) is 29.5. The van der Waals surface area contributed by atoms with Crippen LogP contribution in [0.1, 0.15) is 98.4 Å². The summed E-state index contributed by atoms with van der Waals surface area (Å²) in [6, 6.07) is 8.15. The standard InChI is InChI=1S/C36H40N2O4S5/c1-5-9-11-21(7-3)17-41-35(39)27-15-23-19-43-33(31(23)45-27)25-13-14-26(30-29(25)37-47-38-30)34-32-24(20-44-34)16-28(46-32)36(40)42-18-22(8-4)12-10-6-2/h13-16,19-22H,5-12,17-18H2,1-4H3. The van der Waals surface area contributed by atoms with Crippen LogP contribution < -0.4 is 0 Å². The minimum atomic E-state index is -0.240. The Morgan fingerprint density at radius 3 is 1.55 bits per heavy atom. The van der Waals surface area contributed by atoms with Gasteiger partial charge in [-0.25, -0.2) is 9.59 Å². The van der Waals surface area contributed by atoms with Crippen molar-refractivity contribution >= 4 is 100 Å². The molecule has 0 bridgehead atoms. The summed E-state index contributed by atoms with van der Waals surface area (Å²) in [6.45, 7) is 9.65. The molecule has 0 N–H and O–H groups in total. The van der Waals surface area contributed by atoms with Crippen molar-refractivity contribution in [3.05, 3.63) is 44.8 Å². The molecule has 5 aromatic heterocycles. The Bertz CT molecular complexity index is 1840. The summed E-state index contributed by atoms with van der Waals surface area (Å²) in [6.07, 6.45) is 8.83. The largest absolute Gasteiger partial charge is 0.461 e. The summed E-state index contributed by atoms with van der Waals surface area (Å²) in [7, 11) is 0. The lowest BCUT2D eigenvalue weighted by atomic mass is 10.0. The Hall–Kier alpha value is -2.70. The van der Waals surface area contributed by atoms with E-state index >= 15 is 0 Å². The van der Waals surface area contributed by atoms with Crippen LogP contribution in [0.3, 0.4) is 0 Å². The van der Waals surface area contributed by atoms with E-state index < -0.39 is 0 Å². The first-order chi connectivity index (χ1) is 22.9. The Balaban J connectivity index is 1.23. The van der Waals surface area contributed by atoms with Crippen molar-refractivity contribution in [2.45, 2.75) is 79.1 Å². The number of hydrogen-bond acceptors (Lipinski definition) is 11. The second-order valence-electron chi connectivity index (χ2n) is 12.1. The average molecular weight is 725 g/mol. The van der Waals surface area contributed by atoms with Crippen molar-refractivity contribution in [1.29, 1.82) is 0 Å².